The van der Waals surface area contributed by atoms with Crippen LogP contribution in [0.5, 0.6) is 0 Å². The maximum atomic E-state index is 11.5. The van der Waals surface area contributed by atoms with Crippen LogP contribution in [0.3, 0.4) is 0 Å². The first kappa shape index (κ1) is 12.7. The molecule has 1 saturated heterocycles. The van der Waals surface area contributed by atoms with Crippen molar-refractivity contribution in [3.63, 3.8) is 0 Å². The molecule has 0 bridgehead atoms. The molecule has 1 heterocycles. The second-order valence-corrected chi connectivity index (χ2v) is 4.24. The van der Waals surface area contributed by atoms with Gasteiger partial charge in [0.05, 0.1) is 0 Å². The Labute approximate surface area is 95.9 Å². The van der Waals surface area contributed by atoms with Gasteiger partial charge < -0.3 is 10.6 Å². The molecular formula is C11H19N3O2. The highest BCUT2D eigenvalue weighted by Gasteiger charge is 2.33. The van der Waals surface area contributed by atoms with E-state index < -0.39 is 11.9 Å². The molecular weight excluding hydrogens is 206 g/mol. The highest BCUT2D eigenvalue weighted by Crippen LogP contribution is 2.12. The molecule has 1 fully saturated rings. The molecule has 1 atom stereocenters. The Kier molecular flexibility index (Phi) is 4.06. The van der Waals surface area contributed by atoms with Gasteiger partial charge in [0.1, 0.15) is 6.04 Å². The third-order valence-corrected chi connectivity index (χ3v) is 2.93. The molecule has 1 rings (SSSR count). The Morgan fingerprint density at radius 1 is 1.44 bits per heavy atom. The molecule has 1 aliphatic rings. The average molecular weight is 225 g/mol. The van der Waals surface area contributed by atoms with Crippen LogP contribution in [0, 0.1) is 0 Å². The van der Waals surface area contributed by atoms with Gasteiger partial charge in [0.15, 0.2) is 0 Å². The molecule has 16 heavy (non-hydrogen) atoms. The van der Waals surface area contributed by atoms with Crippen LogP contribution < -0.4 is 5.73 Å². The van der Waals surface area contributed by atoms with Gasteiger partial charge in [-0.3, -0.25) is 14.5 Å². The molecule has 0 saturated carbocycles. The summed E-state index contributed by atoms with van der Waals surface area (Å²) in [5.74, 6) is -0.687. The van der Waals surface area contributed by atoms with E-state index in [1.807, 2.05) is 0 Å². The van der Waals surface area contributed by atoms with Crippen LogP contribution in [0.25, 0.3) is 0 Å². The number of nitrogens with two attached hydrogens (primary N) is 1. The summed E-state index contributed by atoms with van der Waals surface area (Å²) in [5, 5.41) is 0. The van der Waals surface area contributed by atoms with Crippen LogP contribution in [0.1, 0.15) is 13.8 Å². The van der Waals surface area contributed by atoms with Crippen molar-refractivity contribution >= 4 is 11.8 Å². The summed E-state index contributed by atoms with van der Waals surface area (Å²) < 4.78 is 0. The molecule has 1 aliphatic heterocycles. The largest absolute Gasteiger partial charge is 0.368 e. The van der Waals surface area contributed by atoms with Crippen molar-refractivity contribution in [1.82, 2.24) is 9.80 Å². The molecule has 0 aromatic carbocycles. The lowest BCUT2D eigenvalue weighted by Crippen LogP contribution is -2.60. The van der Waals surface area contributed by atoms with Crippen molar-refractivity contribution in [3.8, 4) is 0 Å². The zero-order chi connectivity index (χ0) is 12.3. The SMILES string of the molecule is C=CC(=O)N1CCN(C(C)C)CC1C(N)=O. The molecule has 2 N–H and O–H groups in total. The van der Waals surface area contributed by atoms with Gasteiger partial charge in [-0.15, -0.1) is 0 Å². The molecule has 0 aromatic rings. The van der Waals surface area contributed by atoms with E-state index in [-0.39, 0.29) is 5.91 Å². The van der Waals surface area contributed by atoms with Crippen molar-refractivity contribution in [2.24, 2.45) is 5.73 Å². The average Bonchev–Trinajstić information content (AvgIpc) is 2.26. The van der Waals surface area contributed by atoms with Crippen molar-refractivity contribution in [2.75, 3.05) is 19.6 Å². The summed E-state index contributed by atoms with van der Waals surface area (Å²) in [6, 6.07) is -0.190. The second-order valence-electron chi connectivity index (χ2n) is 4.24. The molecule has 1 unspecified atom stereocenters. The Hall–Kier alpha value is -1.36. The Morgan fingerprint density at radius 2 is 2.06 bits per heavy atom. The second kappa shape index (κ2) is 5.12. The van der Waals surface area contributed by atoms with Crippen LogP contribution >= 0.6 is 0 Å². The Morgan fingerprint density at radius 3 is 2.50 bits per heavy atom. The number of amides is 2. The molecule has 90 valence electrons. The van der Waals surface area contributed by atoms with Gasteiger partial charge in [0.2, 0.25) is 11.8 Å². The standard InChI is InChI=1S/C11H19N3O2/c1-4-10(15)14-6-5-13(8(2)3)7-9(14)11(12)16/h4,8-9H,1,5-7H2,2-3H3,(H2,12,16). The number of hydrogen-bond donors (Lipinski definition) is 1. The predicted octanol–water partition coefficient (Wildman–Crippen LogP) is -0.421. The first-order valence-corrected chi connectivity index (χ1v) is 5.43. The number of carbonyl (C=O) groups is 2. The van der Waals surface area contributed by atoms with E-state index in [9.17, 15) is 9.59 Å². The minimum absolute atomic E-state index is 0.229. The van der Waals surface area contributed by atoms with Gasteiger partial charge in [-0.05, 0) is 19.9 Å². The summed E-state index contributed by atoms with van der Waals surface area (Å²) >= 11 is 0. The number of nitrogens with zero attached hydrogens (tertiary/aromatic N) is 2. The van der Waals surface area contributed by atoms with Crippen LogP contribution in [0.15, 0.2) is 12.7 Å². The summed E-state index contributed by atoms with van der Waals surface area (Å²) in [4.78, 5) is 26.5. The van der Waals surface area contributed by atoms with Gasteiger partial charge in [-0.2, -0.15) is 0 Å². The molecule has 0 aliphatic carbocycles. The lowest BCUT2D eigenvalue weighted by atomic mass is 10.1. The molecule has 0 spiro atoms. The number of hydrogen-bond acceptors (Lipinski definition) is 3. The van der Waals surface area contributed by atoms with Crippen molar-refractivity contribution in [3.05, 3.63) is 12.7 Å². The zero-order valence-corrected chi connectivity index (χ0v) is 9.85. The normalized spacial score (nSPS) is 22.2. The van der Waals surface area contributed by atoms with Crippen molar-refractivity contribution < 1.29 is 9.59 Å². The molecule has 0 aromatic heterocycles. The van der Waals surface area contributed by atoms with Gasteiger partial charge >= 0.3 is 0 Å². The van der Waals surface area contributed by atoms with Crippen LogP contribution in [0.2, 0.25) is 0 Å². The smallest absolute Gasteiger partial charge is 0.246 e. The molecule has 2 amide bonds. The van der Waals surface area contributed by atoms with Crippen LogP contribution in [-0.4, -0.2) is 53.3 Å². The van der Waals surface area contributed by atoms with Crippen LogP contribution in [0.4, 0.5) is 0 Å². The summed E-state index contributed by atoms with van der Waals surface area (Å²) in [6.45, 7) is 9.34. The first-order valence-electron chi connectivity index (χ1n) is 5.43. The molecule has 5 heteroatoms. The summed E-state index contributed by atoms with van der Waals surface area (Å²) in [7, 11) is 0. The molecule has 5 nitrogen and oxygen atoms in total. The van der Waals surface area contributed by atoms with E-state index in [0.717, 1.165) is 6.54 Å². The first-order chi connectivity index (χ1) is 7.47. The Bertz CT molecular complexity index is 302. The highest BCUT2D eigenvalue weighted by molar-refractivity contribution is 5.92. The van der Waals surface area contributed by atoms with E-state index in [0.29, 0.717) is 19.1 Å². The maximum absolute atomic E-state index is 11.5. The highest BCUT2D eigenvalue weighted by atomic mass is 16.2. The van der Waals surface area contributed by atoms with E-state index in [1.165, 1.54) is 11.0 Å². The molecule has 0 radical (unpaired) electrons. The minimum atomic E-state index is -0.540. The number of rotatable bonds is 3. The number of carbonyl (C=O) groups excluding carboxylic acids is 2. The van der Waals surface area contributed by atoms with Gasteiger partial charge in [-0.1, -0.05) is 6.58 Å². The monoisotopic (exact) mass is 225 g/mol. The topological polar surface area (TPSA) is 66.6 Å². The van der Waals surface area contributed by atoms with E-state index >= 15 is 0 Å². The maximum Gasteiger partial charge on any atom is 0.246 e. The fourth-order valence-electron chi connectivity index (χ4n) is 1.90. The zero-order valence-electron chi connectivity index (χ0n) is 9.85. The predicted molar refractivity (Wildman–Crippen MR) is 61.6 cm³/mol. The lowest BCUT2D eigenvalue weighted by molar-refractivity contribution is -0.139. The summed E-state index contributed by atoms with van der Waals surface area (Å²) in [6.07, 6.45) is 1.22. The van der Waals surface area contributed by atoms with Gasteiger partial charge in [-0.25, -0.2) is 0 Å². The van der Waals surface area contributed by atoms with E-state index in [2.05, 4.69) is 25.3 Å². The number of piperazine rings is 1. The third kappa shape index (κ3) is 2.61. The lowest BCUT2D eigenvalue weighted by Gasteiger charge is -2.41. The quantitative estimate of drug-likeness (QED) is 0.663. The van der Waals surface area contributed by atoms with E-state index in [1.54, 1.807) is 0 Å². The fraction of sp³-hybridized carbons (Fsp3) is 0.636. The van der Waals surface area contributed by atoms with Gasteiger partial charge in [0, 0.05) is 25.7 Å². The summed E-state index contributed by atoms with van der Waals surface area (Å²) in [5.41, 5.74) is 5.32. The Balaban J connectivity index is 2.79. The van der Waals surface area contributed by atoms with Crippen LogP contribution in [-0.2, 0) is 9.59 Å². The van der Waals surface area contributed by atoms with Crippen molar-refractivity contribution in [1.29, 1.82) is 0 Å². The van der Waals surface area contributed by atoms with Crippen molar-refractivity contribution in [2.45, 2.75) is 25.9 Å². The minimum Gasteiger partial charge on any atom is -0.368 e. The van der Waals surface area contributed by atoms with E-state index in [4.69, 9.17) is 5.73 Å². The third-order valence-electron chi connectivity index (χ3n) is 2.93. The fourth-order valence-corrected chi connectivity index (χ4v) is 1.90. The van der Waals surface area contributed by atoms with Gasteiger partial charge in [0.25, 0.3) is 0 Å². The number of primary amides is 1.